The van der Waals surface area contributed by atoms with Crippen LogP contribution in [0.25, 0.3) is 11.4 Å². The largest absolute Gasteiger partial charge is 0.488 e. The number of ether oxygens (including phenoxy) is 1. The number of aromatic amines is 1. The Bertz CT molecular complexity index is 1190. The number of nitrogens with one attached hydrogen (secondary N) is 2. The van der Waals surface area contributed by atoms with Gasteiger partial charge in [0.05, 0.1) is 11.0 Å². The summed E-state index contributed by atoms with van der Waals surface area (Å²) in [6.07, 6.45) is 3.44. The number of hydrogen-bond acceptors (Lipinski definition) is 5. The van der Waals surface area contributed by atoms with Crippen LogP contribution in [0, 0.1) is 4.77 Å². The van der Waals surface area contributed by atoms with Crippen molar-refractivity contribution in [2.24, 2.45) is 0 Å². The first-order chi connectivity index (χ1) is 14.6. The van der Waals surface area contributed by atoms with Gasteiger partial charge in [-0.15, -0.1) is 0 Å². The topological polar surface area (TPSA) is 67.8 Å². The molecule has 0 aliphatic carbocycles. The SMILES string of the molecule is S=c1[nH]nc(-c2ccncc2)n1NCc1ccc(OCc2ccc(Cl)cc2)c(Br)c1. The highest BCUT2D eigenvalue weighted by atomic mass is 79.9. The highest BCUT2D eigenvalue weighted by Crippen LogP contribution is 2.27. The van der Waals surface area contributed by atoms with Crippen molar-refractivity contribution in [1.29, 1.82) is 0 Å². The summed E-state index contributed by atoms with van der Waals surface area (Å²) in [5.74, 6) is 1.47. The fourth-order valence-electron chi connectivity index (χ4n) is 2.82. The molecule has 2 heterocycles. The number of hydrogen-bond donors (Lipinski definition) is 2. The Morgan fingerprint density at radius 3 is 2.53 bits per heavy atom. The van der Waals surface area contributed by atoms with Crippen molar-refractivity contribution in [3.63, 3.8) is 0 Å². The monoisotopic (exact) mass is 501 g/mol. The van der Waals surface area contributed by atoms with Gasteiger partial charge in [-0.1, -0.05) is 29.8 Å². The normalized spacial score (nSPS) is 10.7. The number of benzene rings is 2. The van der Waals surface area contributed by atoms with Crippen molar-refractivity contribution < 1.29 is 4.74 Å². The number of pyridine rings is 1. The van der Waals surface area contributed by atoms with E-state index in [0.717, 1.165) is 26.9 Å². The summed E-state index contributed by atoms with van der Waals surface area (Å²) in [6.45, 7) is 1.02. The molecule has 4 rings (SSSR count). The fraction of sp³-hybridized carbons (Fsp3) is 0.0952. The Labute approximate surface area is 192 Å². The van der Waals surface area contributed by atoms with Gasteiger partial charge >= 0.3 is 0 Å². The molecule has 0 atom stereocenters. The molecule has 152 valence electrons. The Morgan fingerprint density at radius 2 is 1.80 bits per heavy atom. The molecule has 30 heavy (non-hydrogen) atoms. The number of nitrogens with zero attached hydrogens (tertiary/aromatic N) is 3. The maximum Gasteiger partial charge on any atom is 0.214 e. The summed E-state index contributed by atoms with van der Waals surface area (Å²) in [5, 5.41) is 7.84. The highest BCUT2D eigenvalue weighted by molar-refractivity contribution is 9.10. The lowest BCUT2D eigenvalue weighted by Crippen LogP contribution is -2.16. The number of aromatic nitrogens is 4. The molecular weight excluding hydrogens is 486 g/mol. The van der Waals surface area contributed by atoms with Gasteiger partial charge < -0.3 is 10.2 Å². The van der Waals surface area contributed by atoms with Crippen LogP contribution in [0.3, 0.4) is 0 Å². The third-order valence-corrected chi connectivity index (χ3v) is 5.50. The molecule has 0 bridgehead atoms. The summed E-state index contributed by atoms with van der Waals surface area (Å²) >= 11 is 14.9. The van der Waals surface area contributed by atoms with Gasteiger partial charge in [0.15, 0.2) is 5.82 Å². The summed E-state index contributed by atoms with van der Waals surface area (Å²) in [5.41, 5.74) is 6.33. The molecule has 2 aromatic carbocycles. The van der Waals surface area contributed by atoms with Gasteiger partial charge in [0.25, 0.3) is 0 Å². The first-order valence-electron chi connectivity index (χ1n) is 9.07. The van der Waals surface area contributed by atoms with Crippen LogP contribution in [0.15, 0.2) is 71.5 Å². The molecule has 0 aliphatic heterocycles. The summed E-state index contributed by atoms with van der Waals surface area (Å²) in [4.78, 5) is 4.04. The molecule has 0 saturated heterocycles. The smallest absolute Gasteiger partial charge is 0.214 e. The summed E-state index contributed by atoms with van der Waals surface area (Å²) in [7, 11) is 0. The second kappa shape index (κ2) is 9.42. The van der Waals surface area contributed by atoms with E-state index in [9.17, 15) is 0 Å². The average molecular weight is 503 g/mol. The van der Waals surface area contributed by atoms with E-state index in [1.54, 1.807) is 17.1 Å². The van der Waals surface area contributed by atoms with Crippen molar-refractivity contribution in [2.75, 3.05) is 5.43 Å². The van der Waals surface area contributed by atoms with Gasteiger partial charge in [-0.25, -0.2) is 9.77 Å². The van der Waals surface area contributed by atoms with E-state index in [4.69, 9.17) is 28.6 Å². The van der Waals surface area contributed by atoms with Crippen LogP contribution >= 0.6 is 39.7 Å². The predicted molar refractivity (Wildman–Crippen MR) is 124 cm³/mol. The summed E-state index contributed by atoms with van der Waals surface area (Å²) in [6, 6.07) is 17.3. The van der Waals surface area contributed by atoms with Crippen molar-refractivity contribution in [1.82, 2.24) is 19.9 Å². The Hall–Kier alpha value is -2.68. The Morgan fingerprint density at radius 1 is 1.07 bits per heavy atom. The van der Waals surface area contributed by atoms with Crippen LogP contribution in [-0.4, -0.2) is 19.9 Å². The molecule has 6 nitrogen and oxygen atoms in total. The van der Waals surface area contributed by atoms with Gasteiger partial charge in [0, 0.05) is 23.0 Å². The molecule has 4 aromatic rings. The second-order valence-corrected chi connectivity index (χ2v) is 8.12. The van der Waals surface area contributed by atoms with Gasteiger partial charge in [0.2, 0.25) is 4.77 Å². The number of halogens is 2. The van der Waals surface area contributed by atoms with Crippen LogP contribution < -0.4 is 10.2 Å². The minimum absolute atomic E-state index is 0.465. The molecule has 0 aliphatic rings. The quantitative estimate of drug-likeness (QED) is 0.315. The molecule has 0 unspecified atom stereocenters. The zero-order valence-electron chi connectivity index (χ0n) is 15.7. The van der Waals surface area contributed by atoms with E-state index in [1.165, 1.54) is 0 Å². The highest BCUT2D eigenvalue weighted by Gasteiger charge is 2.09. The lowest BCUT2D eigenvalue weighted by Gasteiger charge is -2.12. The maximum atomic E-state index is 5.92. The van der Waals surface area contributed by atoms with Crippen molar-refractivity contribution in [3.05, 3.63) is 92.4 Å². The van der Waals surface area contributed by atoms with E-state index in [1.807, 2.05) is 54.6 Å². The van der Waals surface area contributed by atoms with Crippen LogP contribution in [0.5, 0.6) is 5.75 Å². The second-order valence-electron chi connectivity index (χ2n) is 6.44. The predicted octanol–water partition coefficient (Wildman–Crippen LogP) is 5.74. The lowest BCUT2D eigenvalue weighted by molar-refractivity contribution is 0.304. The fourth-order valence-corrected chi connectivity index (χ4v) is 3.69. The standard InChI is InChI=1S/C21H17BrClN5OS/c22-18-11-15(3-6-19(18)29-13-14-1-4-17(23)5-2-14)12-25-28-20(26-27-21(28)30)16-7-9-24-10-8-16/h1-11,25H,12-13H2,(H,27,30). The zero-order chi connectivity index (χ0) is 20.9. The minimum atomic E-state index is 0.465. The first-order valence-corrected chi connectivity index (χ1v) is 10.7. The molecule has 0 saturated carbocycles. The molecular formula is C21H17BrClN5OS. The van der Waals surface area contributed by atoms with Crippen LogP contribution in [-0.2, 0) is 13.2 Å². The van der Waals surface area contributed by atoms with Crippen molar-refractivity contribution in [3.8, 4) is 17.1 Å². The first kappa shape index (κ1) is 20.6. The van der Waals surface area contributed by atoms with E-state index in [0.29, 0.717) is 28.8 Å². The molecule has 0 fully saturated rings. The molecule has 9 heteroatoms. The molecule has 0 spiro atoms. The van der Waals surface area contributed by atoms with Gasteiger partial charge in [-0.3, -0.25) is 4.98 Å². The van der Waals surface area contributed by atoms with Crippen molar-refractivity contribution >= 4 is 39.7 Å². The van der Waals surface area contributed by atoms with Crippen LogP contribution in [0.1, 0.15) is 11.1 Å². The van der Waals surface area contributed by atoms with E-state index < -0.39 is 0 Å². The lowest BCUT2D eigenvalue weighted by atomic mass is 10.2. The van der Waals surface area contributed by atoms with Crippen LogP contribution in [0.4, 0.5) is 0 Å². The van der Waals surface area contributed by atoms with Gasteiger partial charge in [0.1, 0.15) is 12.4 Å². The Balaban J connectivity index is 1.43. The zero-order valence-corrected chi connectivity index (χ0v) is 18.8. The number of H-pyrrole nitrogens is 1. The minimum Gasteiger partial charge on any atom is -0.488 e. The Kier molecular flexibility index (Phi) is 6.47. The van der Waals surface area contributed by atoms with Crippen molar-refractivity contribution in [2.45, 2.75) is 13.2 Å². The number of rotatable bonds is 7. The van der Waals surface area contributed by atoms with Gasteiger partial charge in [-0.2, -0.15) is 5.10 Å². The molecule has 2 N–H and O–H groups in total. The molecule has 0 amide bonds. The third-order valence-electron chi connectivity index (χ3n) is 4.36. The third kappa shape index (κ3) is 4.89. The van der Waals surface area contributed by atoms with Crippen LogP contribution in [0.2, 0.25) is 5.02 Å². The van der Waals surface area contributed by atoms with Gasteiger partial charge in [-0.05, 0) is 75.7 Å². The maximum absolute atomic E-state index is 5.92. The summed E-state index contributed by atoms with van der Waals surface area (Å²) < 4.78 is 9.03. The molecule has 0 radical (unpaired) electrons. The van der Waals surface area contributed by atoms with E-state index in [2.05, 4.69) is 36.5 Å². The van der Waals surface area contributed by atoms with E-state index >= 15 is 0 Å². The average Bonchev–Trinajstić information content (AvgIpc) is 3.13. The molecule has 2 aromatic heterocycles. The van der Waals surface area contributed by atoms with E-state index in [-0.39, 0.29) is 0 Å².